The predicted octanol–water partition coefficient (Wildman–Crippen LogP) is 3.38. The van der Waals surface area contributed by atoms with Gasteiger partial charge in [0.1, 0.15) is 5.69 Å². The number of amides is 1. The molecule has 0 atom stereocenters. The van der Waals surface area contributed by atoms with Gasteiger partial charge in [-0.25, -0.2) is 0 Å². The van der Waals surface area contributed by atoms with E-state index in [1.54, 1.807) is 7.11 Å². The fraction of sp³-hybridized carbons (Fsp3) is 0.643. The molecule has 0 unspecified atom stereocenters. The average molecular weight is 331 g/mol. The van der Waals surface area contributed by atoms with Crippen LogP contribution in [-0.2, 0) is 4.74 Å². The second-order valence-electron chi connectivity index (χ2n) is 4.85. The minimum absolute atomic E-state index is 0.00820. The van der Waals surface area contributed by atoms with Gasteiger partial charge in [-0.2, -0.15) is 0 Å². The highest BCUT2D eigenvalue weighted by Gasteiger charge is 2.14. The first-order chi connectivity index (χ1) is 9.06. The van der Waals surface area contributed by atoms with E-state index in [9.17, 15) is 4.79 Å². The molecule has 0 radical (unpaired) electrons. The summed E-state index contributed by atoms with van der Waals surface area (Å²) in [4.78, 5) is 12.1. The molecule has 4 nitrogen and oxygen atoms in total. The van der Waals surface area contributed by atoms with E-state index in [0.29, 0.717) is 12.2 Å². The number of hydrogen-bond donors (Lipinski definition) is 1. The van der Waals surface area contributed by atoms with Crippen LogP contribution in [0.15, 0.2) is 16.7 Å². The Morgan fingerprint density at radius 3 is 2.79 bits per heavy atom. The number of ether oxygens (including phenoxy) is 1. The standard InChI is InChI=1S/C14H23BrN2O2/c1-11(2)17-10-12(15)9-13(17)14(18)16-7-5-4-6-8-19-3/h9-11H,4-8H2,1-3H3,(H,16,18). The molecule has 1 amide bonds. The summed E-state index contributed by atoms with van der Waals surface area (Å²) in [6.45, 7) is 5.63. The first kappa shape index (κ1) is 16.2. The maximum atomic E-state index is 12.1. The normalized spacial score (nSPS) is 11.0. The van der Waals surface area contributed by atoms with Crippen LogP contribution >= 0.6 is 15.9 Å². The zero-order chi connectivity index (χ0) is 14.3. The summed E-state index contributed by atoms with van der Waals surface area (Å²) in [5.41, 5.74) is 0.707. The lowest BCUT2D eigenvalue weighted by Crippen LogP contribution is -2.27. The Morgan fingerprint density at radius 2 is 2.16 bits per heavy atom. The van der Waals surface area contributed by atoms with Crippen molar-refractivity contribution in [3.05, 3.63) is 22.4 Å². The fourth-order valence-electron chi connectivity index (χ4n) is 1.90. The third-order valence-corrected chi connectivity index (χ3v) is 3.35. The molecule has 0 saturated heterocycles. The minimum atomic E-state index is -0.00820. The van der Waals surface area contributed by atoms with E-state index in [2.05, 4.69) is 35.1 Å². The molecule has 0 saturated carbocycles. The molecule has 0 aliphatic heterocycles. The van der Waals surface area contributed by atoms with E-state index in [0.717, 1.165) is 30.3 Å². The maximum absolute atomic E-state index is 12.1. The monoisotopic (exact) mass is 330 g/mol. The van der Waals surface area contributed by atoms with Crippen molar-refractivity contribution < 1.29 is 9.53 Å². The molecule has 1 aromatic rings. The number of methoxy groups -OCH3 is 1. The van der Waals surface area contributed by atoms with Gasteiger partial charge in [0, 0.05) is 37.0 Å². The van der Waals surface area contributed by atoms with Crippen molar-refractivity contribution in [1.82, 2.24) is 9.88 Å². The summed E-state index contributed by atoms with van der Waals surface area (Å²) in [6, 6.07) is 2.13. The van der Waals surface area contributed by atoms with Gasteiger partial charge in [0.15, 0.2) is 0 Å². The number of nitrogens with zero attached hydrogens (tertiary/aromatic N) is 1. The Morgan fingerprint density at radius 1 is 1.42 bits per heavy atom. The Balaban J connectivity index is 2.41. The molecular formula is C14H23BrN2O2. The van der Waals surface area contributed by atoms with E-state index in [1.807, 2.05) is 16.8 Å². The van der Waals surface area contributed by atoms with Gasteiger partial charge in [0.05, 0.1) is 0 Å². The van der Waals surface area contributed by atoms with Crippen LogP contribution in [0, 0.1) is 0 Å². The predicted molar refractivity (Wildman–Crippen MR) is 80.6 cm³/mol. The van der Waals surface area contributed by atoms with E-state index < -0.39 is 0 Å². The highest BCUT2D eigenvalue weighted by molar-refractivity contribution is 9.10. The summed E-state index contributed by atoms with van der Waals surface area (Å²) < 4.78 is 7.90. The zero-order valence-electron chi connectivity index (χ0n) is 11.9. The molecule has 0 aromatic carbocycles. The number of carbonyl (C=O) groups is 1. The zero-order valence-corrected chi connectivity index (χ0v) is 13.5. The second-order valence-corrected chi connectivity index (χ2v) is 5.77. The number of hydrogen-bond acceptors (Lipinski definition) is 2. The molecule has 0 fully saturated rings. The molecule has 1 N–H and O–H groups in total. The van der Waals surface area contributed by atoms with Gasteiger partial charge in [-0.3, -0.25) is 4.79 Å². The van der Waals surface area contributed by atoms with Crippen molar-refractivity contribution in [3.63, 3.8) is 0 Å². The van der Waals surface area contributed by atoms with Crippen molar-refractivity contribution in [1.29, 1.82) is 0 Å². The van der Waals surface area contributed by atoms with Crippen LogP contribution in [0.1, 0.15) is 49.6 Å². The summed E-state index contributed by atoms with van der Waals surface area (Å²) in [5.74, 6) is -0.00820. The van der Waals surface area contributed by atoms with Crippen LogP contribution in [0.25, 0.3) is 0 Å². The van der Waals surface area contributed by atoms with E-state index in [1.165, 1.54) is 0 Å². The van der Waals surface area contributed by atoms with Crippen LogP contribution in [0.3, 0.4) is 0 Å². The smallest absolute Gasteiger partial charge is 0.267 e. The van der Waals surface area contributed by atoms with Crippen molar-refractivity contribution in [3.8, 4) is 0 Å². The van der Waals surface area contributed by atoms with Gasteiger partial charge in [0.25, 0.3) is 5.91 Å². The molecule has 0 aliphatic carbocycles. The first-order valence-corrected chi connectivity index (χ1v) is 7.50. The lowest BCUT2D eigenvalue weighted by atomic mass is 10.2. The first-order valence-electron chi connectivity index (χ1n) is 6.70. The number of rotatable bonds is 8. The molecule has 0 spiro atoms. The van der Waals surface area contributed by atoms with Crippen molar-refractivity contribution in [2.75, 3.05) is 20.3 Å². The van der Waals surface area contributed by atoms with Crippen molar-refractivity contribution >= 4 is 21.8 Å². The largest absolute Gasteiger partial charge is 0.385 e. The topological polar surface area (TPSA) is 43.3 Å². The van der Waals surface area contributed by atoms with Crippen LogP contribution in [0.2, 0.25) is 0 Å². The number of unbranched alkanes of at least 4 members (excludes halogenated alkanes) is 2. The summed E-state index contributed by atoms with van der Waals surface area (Å²) in [7, 11) is 1.71. The van der Waals surface area contributed by atoms with Crippen molar-refractivity contribution in [2.45, 2.75) is 39.2 Å². The van der Waals surface area contributed by atoms with Gasteiger partial charge in [-0.15, -0.1) is 0 Å². The van der Waals surface area contributed by atoms with Crippen LogP contribution in [0.4, 0.5) is 0 Å². The van der Waals surface area contributed by atoms with Gasteiger partial charge in [0.2, 0.25) is 0 Å². The lowest BCUT2D eigenvalue weighted by molar-refractivity contribution is 0.0942. The Labute approximate surface area is 123 Å². The minimum Gasteiger partial charge on any atom is -0.385 e. The van der Waals surface area contributed by atoms with E-state index >= 15 is 0 Å². The average Bonchev–Trinajstić information content (AvgIpc) is 2.76. The van der Waals surface area contributed by atoms with Gasteiger partial charge < -0.3 is 14.6 Å². The molecule has 0 bridgehead atoms. The Bertz CT molecular complexity index is 402. The van der Waals surface area contributed by atoms with Gasteiger partial charge in [-0.05, 0) is 55.1 Å². The third kappa shape index (κ3) is 5.37. The summed E-state index contributed by atoms with van der Waals surface area (Å²) in [5, 5.41) is 2.96. The highest BCUT2D eigenvalue weighted by Crippen LogP contribution is 2.19. The number of nitrogens with one attached hydrogen (secondary N) is 1. The van der Waals surface area contributed by atoms with Crippen molar-refractivity contribution in [2.24, 2.45) is 0 Å². The number of halogens is 1. The lowest BCUT2D eigenvalue weighted by Gasteiger charge is -2.12. The molecular weight excluding hydrogens is 308 g/mol. The van der Waals surface area contributed by atoms with E-state index in [-0.39, 0.29) is 11.9 Å². The highest BCUT2D eigenvalue weighted by atomic mass is 79.9. The summed E-state index contributed by atoms with van der Waals surface area (Å²) in [6.07, 6.45) is 5.04. The molecule has 108 valence electrons. The fourth-order valence-corrected chi connectivity index (χ4v) is 2.33. The van der Waals surface area contributed by atoms with E-state index in [4.69, 9.17) is 4.74 Å². The molecule has 1 rings (SSSR count). The SMILES string of the molecule is COCCCCCNC(=O)c1cc(Br)cn1C(C)C. The second kappa shape index (κ2) is 8.38. The molecule has 5 heteroatoms. The van der Waals surface area contributed by atoms with Crippen LogP contribution in [-0.4, -0.2) is 30.7 Å². The number of carbonyl (C=O) groups excluding carboxylic acids is 1. The third-order valence-electron chi connectivity index (χ3n) is 2.91. The Hall–Kier alpha value is -0.810. The van der Waals surface area contributed by atoms with Crippen LogP contribution in [0.5, 0.6) is 0 Å². The summed E-state index contributed by atoms with van der Waals surface area (Å²) >= 11 is 3.42. The van der Waals surface area contributed by atoms with Crippen LogP contribution < -0.4 is 5.32 Å². The molecule has 19 heavy (non-hydrogen) atoms. The molecule has 1 heterocycles. The number of aromatic nitrogens is 1. The quantitative estimate of drug-likeness (QED) is 0.742. The van der Waals surface area contributed by atoms with Gasteiger partial charge in [-0.1, -0.05) is 0 Å². The Kier molecular flexibility index (Phi) is 7.16. The molecule has 1 aromatic heterocycles. The molecule has 0 aliphatic rings. The maximum Gasteiger partial charge on any atom is 0.267 e. The van der Waals surface area contributed by atoms with Gasteiger partial charge >= 0.3 is 0 Å².